The molecule has 1 fully saturated rings. The Labute approximate surface area is 263 Å². The molecule has 1 saturated heterocycles. The summed E-state index contributed by atoms with van der Waals surface area (Å²) in [5.74, 6) is -1.05. The Kier molecular flexibility index (Phi) is 9.59. The maximum atomic E-state index is 14.1. The third-order valence-corrected chi connectivity index (χ3v) is 9.65. The highest BCUT2D eigenvalue weighted by molar-refractivity contribution is 7.90. The summed E-state index contributed by atoms with van der Waals surface area (Å²) in [6.45, 7) is 3.39. The van der Waals surface area contributed by atoms with Crippen LogP contribution >= 0.6 is 0 Å². The number of carbonyl (C=O) groups excluding carboxylic acids is 2. The van der Waals surface area contributed by atoms with Crippen LogP contribution in [-0.4, -0.2) is 74.6 Å². The number of hydrogen-bond acceptors (Lipinski definition) is 5. The highest BCUT2D eigenvalue weighted by Gasteiger charge is 2.33. The van der Waals surface area contributed by atoms with E-state index in [0.717, 1.165) is 33.8 Å². The van der Waals surface area contributed by atoms with Crippen LogP contribution in [-0.2, 0) is 21.2 Å². The summed E-state index contributed by atoms with van der Waals surface area (Å²) in [5, 5.41) is 6.77. The number of para-hydroxylation sites is 1. The molecule has 11 heteroatoms. The number of nitrogens with zero attached hydrogens (tertiary/aromatic N) is 2. The van der Waals surface area contributed by atoms with Crippen LogP contribution in [0.15, 0.2) is 77.8 Å². The summed E-state index contributed by atoms with van der Waals surface area (Å²) in [7, 11) is 0.142. The lowest BCUT2D eigenvalue weighted by Gasteiger charge is -2.34. The van der Waals surface area contributed by atoms with Crippen molar-refractivity contribution in [2.75, 3.05) is 38.8 Å². The SMILES string of the molecule is CC(c1c[nH]c2ccccc12)C(NC(=O)N1CCC(c2ccc(F)cc2)CC1)C(=O)Nc1cc(CN(C)C)ccc1S(C)(=O)=O. The van der Waals surface area contributed by atoms with Gasteiger partial charge in [0.1, 0.15) is 11.9 Å². The van der Waals surface area contributed by atoms with Gasteiger partial charge in [-0.1, -0.05) is 43.3 Å². The summed E-state index contributed by atoms with van der Waals surface area (Å²) in [6.07, 6.45) is 4.37. The minimum atomic E-state index is -3.66. The second-order valence-corrected chi connectivity index (χ2v) is 14.1. The number of benzene rings is 3. The fourth-order valence-electron chi connectivity index (χ4n) is 6.12. The van der Waals surface area contributed by atoms with Crippen molar-refractivity contribution in [2.24, 2.45) is 0 Å². The highest BCUT2D eigenvalue weighted by Crippen LogP contribution is 2.31. The Balaban J connectivity index is 1.41. The molecule has 2 atom stereocenters. The van der Waals surface area contributed by atoms with E-state index in [2.05, 4.69) is 15.6 Å². The predicted molar refractivity (Wildman–Crippen MR) is 175 cm³/mol. The number of nitrogens with one attached hydrogen (secondary N) is 3. The lowest BCUT2D eigenvalue weighted by molar-refractivity contribution is -0.118. The molecule has 3 aromatic carbocycles. The molecular formula is C34H40FN5O4S. The molecule has 4 aromatic rings. The van der Waals surface area contributed by atoms with Crippen molar-refractivity contribution in [1.29, 1.82) is 0 Å². The molecule has 3 N–H and O–H groups in total. The van der Waals surface area contributed by atoms with E-state index in [0.29, 0.717) is 32.5 Å². The van der Waals surface area contributed by atoms with Crippen molar-refractivity contribution in [3.05, 3.63) is 95.4 Å². The first kappa shape index (κ1) is 32.2. The average Bonchev–Trinajstić information content (AvgIpc) is 3.43. The van der Waals surface area contributed by atoms with Crippen LogP contribution in [0.5, 0.6) is 0 Å². The number of amides is 3. The van der Waals surface area contributed by atoms with Crippen molar-refractivity contribution in [1.82, 2.24) is 20.1 Å². The van der Waals surface area contributed by atoms with Gasteiger partial charge in [0.2, 0.25) is 5.91 Å². The van der Waals surface area contributed by atoms with Crippen LogP contribution < -0.4 is 10.6 Å². The number of likely N-dealkylation sites (tertiary alicyclic amines) is 1. The number of urea groups is 1. The first-order valence-corrected chi connectivity index (χ1v) is 17.0. The number of aromatic nitrogens is 1. The smallest absolute Gasteiger partial charge is 0.318 e. The van der Waals surface area contributed by atoms with Gasteiger partial charge >= 0.3 is 6.03 Å². The van der Waals surface area contributed by atoms with Crippen molar-refractivity contribution < 1.29 is 22.4 Å². The first-order chi connectivity index (χ1) is 21.4. The number of sulfone groups is 1. The van der Waals surface area contributed by atoms with E-state index in [4.69, 9.17) is 0 Å². The van der Waals surface area contributed by atoms with Crippen LogP contribution in [0.4, 0.5) is 14.9 Å². The van der Waals surface area contributed by atoms with Crippen molar-refractivity contribution in [3.63, 3.8) is 0 Å². The van der Waals surface area contributed by atoms with Gasteiger partial charge in [-0.05, 0) is 79.9 Å². The number of carbonyl (C=O) groups is 2. The second kappa shape index (κ2) is 13.4. The lowest BCUT2D eigenvalue weighted by Crippen LogP contribution is -2.53. The standard InChI is InChI=1S/C34H40FN5O4S/c1-22(28-20-36-29-8-6-5-7-27(28)29)32(33(41)37-30-19-23(21-39(2)3)9-14-31(30)45(4,43)44)38-34(42)40-17-15-25(16-18-40)24-10-12-26(35)13-11-24/h5-14,19-20,22,25,32,36H,15-18,21H2,1-4H3,(H,37,41)(H,38,42). The van der Waals surface area contributed by atoms with Crippen LogP contribution in [0.25, 0.3) is 10.9 Å². The van der Waals surface area contributed by atoms with Crippen molar-refractivity contribution in [2.45, 2.75) is 49.1 Å². The third kappa shape index (κ3) is 7.54. The summed E-state index contributed by atoms with van der Waals surface area (Å²) in [5.41, 5.74) is 3.80. The molecular weight excluding hydrogens is 593 g/mol. The Bertz CT molecular complexity index is 1780. The van der Waals surface area contributed by atoms with Crippen LogP contribution in [0.1, 0.15) is 48.3 Å². The molecule has 0 bridgehead atoms. The quantitative estimate of drug-likeness (QED) is 0.226. The molecule has 0 spiro atoms. The normalized spacial score (nSPS) is 15.6. The zero-order valence-corrected chi connectivity index (χ0v) is 26.8. The van der Waals surface area contributed by atoms with Gasteiger partial charge in [0.25, 0.3) is 0 Å². The number of rotatable bonds is 9. The molecule has 9 nitrogen and oxygen atoms in total. The van der Waals surface area contributed by atoms with E-state index in [9.17, 15) is 22.4 Å². The van der Waals surface area contributed by atoms with Crippen LogP contribution in [0.3, 0.4) is 0 Å². The lowest BCUT2D eigenvalue weighted by atomic mass is 9.89. The van der Waals surface area contributed by atoms with Gasteiger partial charge < -0.3 is 25.4 Å². The van der Waals surface area contributed by atoms with Crippen LogP contribution in [0.2, 0.25) is 0 Å². The minimum Gasteiger partial charge on any atom is -0.361 e. The summed E-state index contributed by atoms with van der Waals surface area (Å²) in [6, 6.07) is 17.7. The molecule has 5 rings (SSSR count). The third-order valence-electron chi connectivity index (χ3n) is 8.50. The minimum absolute atomic E-state index is 0.00560. The number of halogens is 1. The molecule has 45 heavy (non-hydrogen) atoms. The van der Waals surface area contributed by atoms with E-state index in [1.807, 2.05) is 56.4 Å². The topological polar surface area (TPSA) is 115 Å². The van der Waals surface area contributed by atoms with E-state index in [-0.39, 0.29) is 28.3 Å². The number of anilines is 1. The zero-order valence-electron chi connectivity index (χ0n) is 26.0. The molecule has 0 saturated carbocycles. The van der Waals surface area contributed by atoms with E-state index in [1.54, 1.807) is 29.2 Å². The molecule has 2 unspecified atom stereocenters. The van der Waals surface area contributed by atoms with Gasteiger partial charge in [-0.15, -0.1) is 0 Å². The number of aromatic amines is 1. The molecule has 238 valence electrons. The molecule has 0 aliphatic carbocycles. The summed E-state index contributed by atoms with van der Waals surface area (Å²) >= 11 is 0. The monoisotopic (exact) mass is 633 g/mol. The maximum Gasteiger partial charge on any atom is 0.318 e. The van der Waals surface area contributed by atoms with Gasteiger partial charge in [0, 0.05) is 48.9 Å². The predicted octanol–water partition coefficient (Wildman–Crippen LogP) is 5.47. The molecule has 0 radical (unpaired) electrons. The second-order valence-electron chi connectivity index (χ2n) is 12.1. The Morgan fingerprint density at radius 3 is 2.40 bits per heavy atom. The summed E-state index contributed by atoms with van der Waals surface area (Å²) in [4.78, 5) is 34.7. The Morgan fingerprint density at radius 2 is 1.73 bits per heavy atom. The molecule has 1 aromatic heterocycles. The molecule has 3 amide bonds. The highest BCUT2D eigenvalue weighted by atomic mass is 32.2. The number of fused-ring (bicyclic) bond motifs is 1. The number of hydrogen-bond donors (Lipinski definition) is 3. The first-order valence-electron chi connectivity index (χ1n) is 15.1. The molecule has 1 aliphatic rings. The van der Waals surface area contributed by atoms with Gasteiger partial charge in [-0.2, -0.15) is 0 Å². The van der Waals surface area contributed by atoms with Crippen molar-refractivity contribution >= 4 is 38.4 Å². The maximum absolute atomic E-state index is 14.1. The average molecular weight is 634 g/mol. The van der Waals surface area contributed by atoms with Gasteiger partial charge in [0.15, 0.2) is 9.84 Å². The number of H-pyrrole nitrogens is 1. The Morgan fingerprint density at radius 1 is 1.04 bits per heavy atom. The van der Waals surface area contributed by atoms with E-state index < -0.39 is 27.7 Å². The molecule has 1 aliphatic heterocycles. The fraction of sp³-hybridized carbons (Fsp3) is 0.353. The van der Waals surface area contributed by atoms with E-state index in [1.165, 1.54) is 18.2 Å². The van der Waals surface area contributed by atoms with Crippen LogP contribution in [0, 0.1) is 5.82 Å². The van der Waals surface area contributed by atoms with Gasteiger partial charge in [0.05, 0.1) is 10.6 Å². The molecule has 2 heterocycles. The zero-order chi connectivity index (χ0) is 32.3. The fourth-order valence-corrected chi connectivity index (χ4v) is 6.94. The largest absolute Gasteiger partial charge is 0.361 e. The van der Waals surface area contributed by atoms with E-state index >= 15 is 0 Å². The number of piperidine rings is 1. The Hall–Kier alpha value is -4.22. The van der Waals surface area contributed by atoms with Gasteiger partial charge in [-0.25, -0.2) is 17.6 Å². The van der Waals surface area contributed by atoms with Crippen molar-refractivity contribution in [3.8, 4) is 0 Å². The summed E-state index contributed by atoms with van der Waals surface area (Å²) < 4.78 is 38.8. The van der Waals surface area contributed by atoms with Gasteiger partial charge in [-0.3, -0.25) is 4.79 Å².